The van der Waals surface area contributed by atoms with Crippen molar-refractivity contribution in [2.45, 2.75) is 26.7 Å². The number of carbonyl (C=O) groups is 1. The largest absolute Gasteiger partial charge is 0.481 e. The Kier molecular flexibility index (Phi) is 5.21. The Morgan fingerprint density at radius 1 is 1.35 bits per heavy atom. The van der Waals surface area contributed by atoms with E-state index >= 15 is 0 Å². The van der Waals surface area contributed by atoms with Gasteiger partial charge in [0, 0.05) is 11.1 Å². The number of nitrogens with zero attached hydrogens (tertiary/aromatic N) is 1. The van der Waals surface area contributed by atoms with E-state index in [1.165, 1.54) is 0 Å². The van der Waals surface area contributed by atoms with Crippen LogP contribution in [-0.4, -0.2) is 24.7 Å². The van der Waals surface area contributed by atoms with Crippen molar-refractivity contribution in [2.24, 2.45) is 0 Å². The van der Waals surface area contributed by atoms with Crippen molar-refractivity contribution < 1.29 is 14.3 Å². The highest BCUT2D eigenvalue weighted by Gasteiger charge is 2.22. The van der Waals surface area contributed by atoms with Gasteiger partial charge in [0.1, 0.15) is 0 Å². The van der Waals surface area contributed by atoms with Crippen molar-refractivity contribution in [2.75, 3.05) is 19.5 Å². The Balaban J connectivity index is 2.55. The molecule has 1 aromatic heterocycles. The van der Waals surface area contributed by atoms with Gasteiger partial charge in [-0.15, -0.1) is 0 Å². The van der Waals surface area contributed by atoms with Crippen LogP contribution in [0.1, 0.15) is 30.9 Å². The molecule has 0 radical (unpaired) electrons. The van der Waals surface area contributed by atoms with Gasteiger partial charge in [-0.2, -0.15) is 0 Å². The van der Waals surface area contributed by atoms with Gasteiger partial charge in [0.2, 0.25) is 5.88 Å². The highest BCUT2D eigenvalue weighted by molar-refractivity contribution is 5.84. The van der Waals surface area contributed by atoms with E-state index in [2.05, 4.69) is 4.98 Å². The molecule has 1 unspecified atom stereocenters. The second kappa shape index (κ2) is 7.13. The lowest BCUT2D eigenvalue weighted by Gasteiger charge is -2.17. The minimum absolute atomic E-state index is 0.266. The van der Waals surface area contributed by atoms with E-state index in [1.54, 1.807) is 14.0 Å². The quantitative estimate of drug-likeness (QED) is 0.857. The predicted octanol–water partition coefficient (Wildman–Crippen LogP) is 3.31. The van der Waals surface area contributed by atoms with E-state index in [9.17, 15) is 4.79 Å². The van der Waals surface area contributed by atoms with Gasteiger partial charge in [0.25, 0.3) is 0 Å². The first-order chi connectivity index (χ1) is 11.0. The van der Waals surface area contributed by atoms with Gasteiger partial charge in [-0.05, 0) is 32.4 Å². The number of methoxy groups -OCH3 is 1. The van der Waals surface area contributed by atoms with Crippen molar-refractivity contribution in [3.63, 3.8) is 0 Å². The molecule has 0 saturated carbocycles. The van der Waals surface area contributed by atoms with Crippen LogP contribution in [0.15, 0.2) is 30.3 Å². The number of hydrogen-bond acceptors (Lipinski definition) is 5. The first kappa shape index (κ1) is 16.8. The smallest absolute Gasteiger partial charge is 0.313 e. The van der Waals surface area contributed by atoms with Gasteiger partial charge < -0.3 is 15.2 Å². The summed E-state index contributed by atoms with van der Waals surface area (Å²) >= 11 is 0. The molecule has 0 bridgehead atoms. The third kappa shape index (κ3) is 3.44. The highest BCUT2D eigenvalue weighted by atomic mass is 16.5. The van der Waals surface area contributed by atoms with Crippen LogP contribution in [0, 0.1) is 6.92 Å². The Labute approximate surface area is 136 Å². The second-order valence-corrected chi connectivity index (χ2v) is 5.31. The average Bonchev–Trinajstić information content (AvgIpc) is 2.54. The maximum absolute atomic E-state index is 12.1. The maximum atomic E-state index is 12.1. The van der Waals surface area contributed by atoms with Crippen LogP contribution in [0.5, 0.6) is 5.88 Å². The van der Waals surface area contributed by atoms with Crippen molar-refractivity contribution >= 4 is 11.7 Å². The summed E-state index contributed by atoms with van der Waals surface area (Å²) in [5, 5.41) is 0. The summed E-state index contributed by atoms with van der Waals surface area (Å²) in [6, 6.07) is 9.40. The standard InChI is InChI=1S/C18H22N2O3/c1-5-23-18(21)12(3)13-8-6-7-9-14(13)16-15(19)10-11(2)17(20-16)22-4/h6-10,12H,5,19H2,1-4H3. The molecule has 5 nitrogen and oxygen atoms in total. The zero-order chi connectivity index (χ0) is 17.0. The van der Waals surface area contributed by atoms with E-state index in [1.807, 2.05) is 44.2 Å². The fraction of sp³-hybridized carbons (Fsp3) is 0.333. The minimum Gasteiger partial charge on any atom is -0.481 e. The fourth-order valence-electron chi connectivity index (χ4n) is 2.52. The highest BCUT2D eigenvalue weighted by Crippen LogP contribution is 2.34. The molecule has 0 aliphatic carbocycles. The number of nitrogen functional groups attached to an aromatic ring is 1. The van der Waals surface area contributed by atoms with Gasteiger partial charge in [0.15, 0.2) is 0 Å². The number of anilines is 1. The molecule has 122 valence electrons. The summed E-state index contributed by atoms with van der Waals surface area (Å²) in [4.78, 5) is 16.6. The number of aryl methyl sites for hydroxylation is 1. The maximum Gasteiger partial charge on any atom is 0.313 e. The van der Waals surface area contributed by atoms with Crippen LogP contribution in [0.2, 0.25) is 0 Å². The van der Waals surface area contributed by atoms with Crippen LogP contribution in [0.3, 0.4) is 0 Å². The summed E-state index contributed by atoms with van der Waals surface area (Å²) in [6.07, 6.45) is 0. The summed E-state index contributed by atoms with van der Waals surface area (Å²) in [6.45, 7) is 5.85. The fourth-order valence-corrected chi connectivity index (χ4v) is 2.52. The summed E-state index contributed by atoms with van der Waals surface area (Å²) in [5.41, 5.74) is 9.81. The van der Waals surface area contributed by atoms with Gasteiger partial charge in [0.05, 0.1) is 31.0 Å². The number of benzene rings is 1. The normalized spacial score (nSPS) is 11.8. The van der Waals surface area contributed by atoms with Gasteiger partial charge in [-0.25, -0.2) is 4.98 Å². The Morgan fingerprint density at radius 3 is 2.70 bits per heavy atom. The van der Waals surface area contributed by atoms with Crippen LogP contribution < -0.4 is 10.5 Å². The van der Waals surface area contributed by atoms with Crippen LogP contribution >= 0.6 is 0 Å². The number of esters is 1. The molecular formula is C18H22N2O3. The molecule has 0 aliphatic rings. The summed E-state index contributed by atoms with van der Waals surface area (Å²) in [5.74, 6) is -0.148. The summed E-state index contributed by atoms with van der Waals surface area (Å²) < 4.78 is 10.4. The number of ether oxygens (including phenoxy) is 2. The zero-order valence-corrected chi connectivity index (χ0v) is 13.9. The second-order valence-electron chi connectivity index (χ2n) is 5.31. The molecule has 0 aliphatic heterocycles. The topological polar surface area (TPSA) is 74.4 Å². The lowest BCUT2D eigenvalue weighted by molar-refractivity contribution is -0.144. The number of aromatic nitrogens is 1. The van der Waals surface area contributed by atoms with Crippen LogP contribution in [0.25, 0.3) is 11.3 Å². The third-order valence-electron chi connectivity index (χ3n) is 3.71. The van der Waals surface area contributed by atoms with Crippen LogP contribution in [0.4, 0.5) is 5.69 Å². The SMILES string of the molecule is CCOC(=O)C(C)c1ccccc1-c1nc(OC)c(C)cc1N. The predicted molar refractivity (Wildman–Crippen MR) is 90.4 cm³/mol. The Bertz CT molecular complexity index is 713. The molecular weight excluding hydrogens is 292 g/mol. The lowest BCUT2D eigenvalue weighted by Crippen LogP contribution is -2.14. The van der Waals surface area contributed by atoms with Crippen LogP contribution in [-0.2, 0) is 9.53 Å². The minimum atomic E-state index is -0.403. The summed E-state index contributed by atoms with van der Waals surface area (Å²) in [7, 11) is 1.57. The number of carbonyl (C=O) groups excluding carboxylic acids is 1. The number of nitrogens with two attached hydrogens (primary N) is 1. The monoisotopic (exact) mass is 314 g/mol. The first-order valence-electron chi connectivity index (χ1n) is 7.56. The van der Waals surface area contributed by atoms with Gasteiger partial charge >= 0.3 is 5.97 Å². The molecule has 1 heterocycles. The molecule has 1 atom stereocenters. The van der Waals surface area contributed by atoms with Gasteiger partial charge in [-0.3, -0.25) is 4.79 Å². The molecule has 23 heavy (non-hydrogen) atoms. The Morgan fingerprint density at radius 2 is 2.04 bits per heavy atom. The molecule has 2 rings (SSSR count). The van der Waals surface area contributed by atoms with Crippen molar-refractivity contribution in [1.82, 2.24) is 4.98 Å². The van der Waals surface area contributed by atoms with Crippen molar-refractivity contribution in [3.05, 3.63) is 41.5 Å². The van der Waals surface area contributed by atoms with E-state index in [4.69, 9.17) is 15.2 Å². The molecule has 2 N–H and O–H groups in total. The molecule has 0 amide bonds. The number of rotatable bonds is 5. The first-order valence-corrected chi connectivity index (χ1v) is 7.56. The Hall–Kier alpha value is -2.56. The van der Waals surface area contributed by atoms with E-state index in [0.717, 1.165) is 16.7 Å². The molecule has 0 saturated heterocycles. The molecule has 0 fully saturated rings. The van der Waals surface area contributed by atoms with E-state index < -0.39 is 5.92 Å². The molecule has 0 spiro atoms. The number of pyridine rings is 1. The molecule has 5 heteroatoms. The average molecular weight is 314 g/mol. The van der Waals surface area contributed by atoms with Crippen molar-refractivity contribution in [3.8, 4) is 17.1 Å². The van der Waals surface area contributed by atoms with E-state index in [0.29, 0.717) is 23.9 Å². The van der Waals surface area contributed by atoms with Gasteiger partial charge in [-0.1, -0.05) is 24.3 Å². The third-order valence-corrected chi connectivity index (χ3v) is 3.71. The molecule has 1 aromatic carbocycles. The molecule has 2 aromatic rings. The van der Waals surface area contributed by atoms with Crippen molar-refractivity contribution in [1.29, 1.82) is 0 Å². The zero-order valence-electron chi connectivity index (χ0n) is 13.9. The number of hydrogen-bond donors (Lipinski definition) is 1. The lowest BCUT2D eigenvalue weighted by atomic mass is 9.93. The van der Waals surface area contributed by atoms with E-state index in [-0.39, 0.29) is 5.97 Å².